The van der Waals surface area contributed by atoms with Gasteiger partial charge in [-0.1, -0.05) is 52.1 Å². The topological polar surface area (TPSA) is 95.1 Å². The molecule has 4 rings (SSSR count). The number of halogens is 3. The van der Waals surface area contributed by atoms with E-state index in [0.717, 1.165) is 0 Å². The number of hydrogen-bond acceptors (Lipinski definition) is 6. The lowest BCUT2D eigenvalue weighted by atomic mass is 10.2. The lowest BCUT2D eigenvalue weighted by Crippen LogP contribution is -2.16. The number of ether oxygens (including phenoxy) is 1. The fourth-order valence-corrected chi connectivity index (χ4v) is 3.58. The van der Waals surface area contributed by atoms with Crippen molar-refractivity contribution in [2.45, 2.75) is 20.1 Å². The summed E-state index contributed by atoms with van der Waals surface area (Å²) >= 11 is 18.4. The van der Waals surface area contributed by atoms with Crippen LogP contribution in [0.2, 0.25) is 15.1 Å². The molecule has 0 fully saturated rings. The molecule has 0 saturated carbocycles. The zero-order chi connectivity index (χ0) is 22.7. The van der Waals surface area contributed by atoms with Crippen molar-refractivity contribution >= 4 is 46.7 Å². The molecular weight excluding hydrogens is 477 g/mol. The van der Waals surface area contributed by atoms with E-state index < -0.39 is 5.91 Å². The van der Waals surface area contributed by atoms with Gasteiger partial charge in [-0.25, -0.2) is 9.67 Å². The predicted molar refractivity (Wildman–Crippen MR) is 121 cm³/mol. The monoisotopic (exact) mass is 491 g/mol. The maximum Gasteiger partial charge on any atom is 0.280 e. The van der Waals surface area contributed by atoms with E-state index >= 15 is 0 Å². The second kappa shape index (κ2) is 9.60. The molecule has 8 nitrogen and oxygen atoms in total. The van der Waals surface area contributed by atoms with Crippen LogP contribution in [0.5, 0.6) is 5.75 Å². The molecule has 2 heterocycles. The lowest BCUT2D eigenvalue weighted by Gasteiger charge is -2.07. The molecule has 2 aromatic carbocycles. The Bertz CT molecular complexity index is 1250. The molecule has 32 heavy (non-hydrogen) atoms. The van der Waals surface area contributed by atoms with Crippen LogP contribution in [-0.2, 0) is 13.2 Å². The van der Waals surface area contributed by atoms with Gasteiger partial charge in [-0.05, 0) is 37.3 Å². The second-order valence-corrected chi connectivity index (χ2v) is 7.98. The Kier molecular flexibility index (Phi) is 6.64. The quantitative estimate of drug-likeness (QED) is 0.370. The minimum absolute atomic E-state index is 0.0747. The van der Waals surface area contributed by atoms with E-state index in [1.54, 1.807) is 49.4 Å². The van der Waals surface area contributed by atoms with Crippen LogP contribution in [0.3, 0.4) is 0 Å². The summed E-state index contributed by atoms with van der Waals surface area (Å²) in [4.78, 5) is 16.9. The van der Waals surface area contributed by atoms with E-state index in [2.05, 4.69) is 20.6 Å². The maximum absolute atomic E-state index is 12.7. The molecule has 0 aliphatic carbocycles. The first-order chi connectivity index (χ1) is 15.4. The highest BCUT2D eigenvalue weighted by Crippen LogP contribution is 2.25. The molecule has 0 aliphatic rings. The van der Waals surface area contributed by atoms with Crippen LogP contribution in [0, 0.1) is 6.92 Å². The van der Waals surface area contributed by atoms with Gasteiger partial charge >= 0.3 is 0 Å². The van der Waals surface area contributed by atoms with Crippen LogP contribution in [0.25, 0.3) is 0 Å². The Morgan fingerprint density at radius 2 is 1.88 bits per heavy atom. The number of anilines is 1. The van der Waals surface area contributed by atoms with Gasteiger partial charge in [-0.15, -0.1) is 5.10 Å². The highest BCUT2D eigenvalue weighted by Gasteiger charge is 2.22. The molecule has 0 unspecified atom stereocenters. The molecule has 4 aromatic rings. The summed E-state index contributed by atoms with van der Waals surface area (Å²) in [5, 5.41) is 12.3. The fourth-order valence-electron chi connectivity index (χ4n) is 2.89. The molecule has 0 radical (unpaired) electrons. The second-order valence-electron chi connectivity index (χ2n) is 6.73. The van der Waals surface area contributed by atoms with Crippen molar-refractivity contribution in [1.29, 1.82) is 0 Å². The van der Waals surface area contributed by atoms with Crippen molar-refractivity contribution in [3.8, 4) is 5.75 Å². The van der Waals surface area contributed by atoms with E-state index in [9.17, 15) is 4.79 Å². The summed E-state index contributed by atoms with van der Waals surface area (Å²) in [6, 6.07) is 12.2. The number of rotatable bonds is 7. The van der Waals surface area contributed by atoms with Gasteiger partial charge in [0.05, 0.1) is 12.1 Å². The highest BCUT2D eigenvalue weighted by molar-refractivity contribution is 6.36. The summed E-state index contributed by atoms with van der Waals surface area (Å²) in [5.74, 6) is 0.590. The number of benzene rings is 2. The molecule has 0 atom stereocenters. The van der Waals surface area contributed by atoms with Crippen LogP contribution in [0.4, 0.5) is 5.95 Å². The summed E-state index contributed by atoms with van der Waals surface area (Å²) in [7, 11) is 0. The average molecular weight is 493 g/mol. The van der Waals surface area contributed by atoms with E-state index in [-0.39, 0.29) is 18.2 Å². The van der Waals surface area contributed by atoms with Gasteiger partial charge < -0.3 is 9.26 Å². The molecule has 0 spiro atoms. The zero-order valence-electron chi connectivity index (χ0n) is 16.7. The molecule has 0 aliphatic heterocycles. The Hall–Kier alpha value is -3.07. The number of amides is 1. The number of hydrogen-bond donors (Lipinski definition) is 1. The van der Waals surface area contributed by atoms with Crippen molar-refractivity contribution < 1.29 is 14.1 Å². The van der Waals surface area contributed by atoms with E-state index in [4.69, 9.17) is 44.1 Å². The highest BCUT2D eigenvalue weighted by atomic mass is 35.5. The zero-order valence-corrected chi connectivity index (χ0v) is 18.9. The molecule has 0 saturated heterocycles. The summed E-state index contributed by atoms with van der Waals surface area (Å²) in [5.41, 5.74) is 1.28. The van der Waals surface area contributed by atoms with Gasteiger partial charge in [0.2, 0.25) is 5.95 Å². The Morgan fingerprint density at radius 3 is 2.62 bits per heavy atom. The van der Waals surface area contributed by atoms with Crippen LogP contribution < -0.4 is 10.1 Å². The van der Waals surface area contributed by atoms with Crippen LogP contribution >= 0.6 is 34.8 Å². The minimum atomic E-state index is -0.528. The van der Waals surface area contributed by atoms with Gasteiger partial charge in [0.25, 0.3) is 5.91 Å². The first-order valence-corrected chi connectivity index (χ1v) is 10.5. The van der Waals surface area contributed by atoms with Gasteiger partial charge in [0, 0.05) is 20.6 Å². The van der Waals surface area contributed by atoms with Crippen molar-refractivity contribution in [2.24, 2.45) is 0 Å². The maximum atomic E-state index is 12.7. The SMILES string of the molecule is Cc1onc(C(=O)Nc2ncn(Cc3c(Cl)cccc3Cl)n2)c1COc1cccc(Cl)c1. The van der Waals surface area contributed by atoms with E-state index in [0.29, 0.717) is 44.2 Å². The van der Waals surface area contributed by atoms with Gasteiger partial charge in [0.15, 0.2) is 5.69 Å². The summed E-state index contributed by atoms with van der Waals surface area (Å²) in [6.07, 6.45) is 1.46. The fraction of sp³-hybridized carbons (Fsp3) is 0.143. The van der Waals surface area contributed by atoms with Gasteiger partial charge in [0.1, 0.15) is 24.4 Å². The van der Waals surface area contributed by atoms with Gasteiger partial charge in [-0.3, -0.25) is 10.1 Å². The van der Waals surface area contributed by atoms with E-state index in [1.165, 1.54) is 11.0 Å². The molecule has 164 valence electrons. The third-order valence-corrected chi connectivity index (χ3v) is 5.47. The smallest absolute Gasteiger partial charge is 0.280 e. The first kappa shape index (κ1) is 22.1. The van der Waals surface area contributed by atoms with Crippen LogP contribution in [0.1, 0.15) is 27.4 Å². The number of carbonyl (C=O) groups excluding carboxylic acids is 1. The van der Waals surface area contributed by atoms with Crippen molar-refractivity contribution in [3.63, 3.8) is 0 Å². The number of nitrogens with zero attached hydrogens (tertiary/aromatic N) is 4. The molecular formula is C21H16Cl3N5O3. The standard InChI is InChI=1S/C21H16Cl3N5O3/c1-12-16(10-31-14-5-2-4-13(22)8-14)19(28-32-12)20(30)26-21-25-11-29(27-21)9-15-17(23)6-3-7-18(15)24/h2-8,11H,9-10H2,1H3,(H,26,27,30). The molecule has 0 bridgehead atoms. The van der Waals surface area contributed by atoms with E-state index in [1.807, 2.05) is 0 Å². The molecule has 1 N–H and O–H groups in total. The van der Waals surface area contributed by atoms with Crippen LogP contribution in [0.15, 0.2) is 53.3 Å². The molecule has 11 heteroatoms. The number of nitrogens with one attached hydrogen (secondary N) is 1. The molecule has 2 aromatic heterocycles. The summed E-state index contributed by atoms with van der Waals surface area (Å²) in [6.45, 7) is 2.06. The third-order valence-electron chi connectivity index (χ3n) is 4.52. The third kappa shape index (κ3) is 5.04. The first-order valence-electron chi connectivity index (χ1n) is 9.38. The van der Waals surface area contributed by atoms with Crippen molar-refractivity contribution in [1.82, 2.24) is 19.9 Å². The molecule has 1 amide bonds. The normalized spacial score (nSPS) is 10.9. The predicted octanol–water partition coefficient (Wildman–Crippen LogP) is 5.41. The Balaban J connectivity index is 1.45. The minimum Gasteiger partial charge on any atom is -0.489 e. The number of aromatic nitrogens is 4. The number of carbonyl (C=O) groups is 1. The average Bonchev–Trinajstić information content (AvgIpc) is 3.35. The van der Waals surface area contributed by atoms with Crippen molar-refractivity contribution in [2.75, 3.05) is 5.32 Å². The van der Waals surface area contributed by atoms with Crippen molar-refractivity contribution in [3.05, 3.63) is 86.4 Å². The van der Waals surface area contributed by atoms with Gasteiger partial charge in [-0.2, -0.15) is 0 Å². The lowest BCUT2D eigenvalue weighted by molar-refractivity contribution is 0.101. The van der Waals surface area contributed by atoms with Crippen LogP contribution in [-0.4, -0.2) is 25.8 Å². The number of aryl methyl sites for hydroxylation is 1. The Labute approximate surface area is 198 Å². The Morgan fingerprint density at radius 1 is 1.12 bits per heavy atom. The largest absolute Gasteiger partial charge is 0.489 e. The summed E-state index contributed by atoms with van der Waals surface area (Å²) < 4.78 is 12.4.